The lowest BCUT2D eigenvalue weighted by atomic mass is 10.2. The molecule has 0 saturated carbocycles. The number of rotatable bonds is 4. The molecule has 0 spiro atoms. The van der Waals surface area contributed by atoms with Crippen molar-refractivity contribution in [3.05, 3.63) is 41.9 Å². The molecule has 2 N–H and O–H groups in total. The van der Waals surface area contributed by atoms with E-state index < -0.39 is 0 Å². The highest BCUT2D eigenvalue weighted by Crippen LogP contribution is 2.22. The topological polar surface area (TPSA) is 77.3 Å². The van der Waals surface area contributed by atoms with E-state index in [-0.39, 0.29) is 11.9 Å². The van der Waals surface area contributed by atoms with E-state index in [1.54, 1.807) is 12.3 Å². The van der Waals surface area contributed by atoms with Crippen molar-refractivity contribution in [2.75, 3.05) is 6.54 Å². The van der Waals surface area contributed by atoms with Gasteiger partial charge < -0.3 is 19.6 Å². The van der Waals surface area contributed by atoms with Gasteiger partial charge in [-0.25, -0.2) is 4.98 Å². The Morgan fingerprint density at radius 3 is 3.10 bits per heavy atom. The van der Waals surface area contributed by atoms with E-state index in [0.29, 0.717) is 17.9 Å². The summed E-state index contributed by atoms with van der Waals surface area (Å²) in [5, 5.41) is 0. The molecule has 1 amide bonds. The molecule has 0 bridgehead atoms. The van der Waals surface area contributed by atoms with Crippen LogP contribution in [0.1, 0.15) is 34.8 Å². The molecule has 0 aromatic carbocycles. The smallest absolute Gasteiger partial charge is 0.257 e. The normalized spacial score (nSPS) is 18.4. The molecule has 1 aliphatic heterocycles. The van der Waals surface area contributed by atoms with Crippen molar-refractivity contribution >= 4 is 5.91 Å². The first kappa shape index (κ1) is 13.9. The van der Waals surface area contributed by atoms with E-state index in [4.69, 9.17) is 10.2 Å². The molecule has 1 aliphatic rings. The Balaban J connectivity index is 1.74. The van der Waals surface area contributed by atoms with E-state index in [0.717, 1.165) is 31.8 Å². The summed E-state index contributed by atoms with van der Waals surface area (Å²) in [4.78, 5) is 18.8. The van der Waals surface area contributed by atoms with Crippen molar-refractivity contribution in [1.29, 1.82) is 0 Å². The maximum Gasteiger partial charge on any atom is 0.257 e. The number of aryl methyl sites for hydroxylation is 1. The fourth-order valence-electron chi connectivity index (χ4n) is 2.88. The van der Waals surface area contributed by atoms with Crippen molar-refractivity contribution in [3.63, 3.8) is 0 Å². The number of likely N-dealkylation sites (tertiary alicyclic amines) is 1. The SMILES string of the molecule is Cc1nccn1CC1CCCN1C(=O)c1coc(CN)c1. The molecule has 3 heterocycles. The van der Waals surface area contributed by atoms with Crippen LogP contribution < -0.4 is 5.73 Å². The third-order valence-electron chi connectivity index (χ3n) is 4.07. The fraction of sp³-hybridized carbons (Fsp3) is 0.467. The number of hydrogen-bond donors (Lipinski definition) is 1. The van der Waals surface area contributed by atoms with Gasteiger partial charge >= 0.3 is 0 Å². The third kappa shape index (κ3) is 2.71. The van der Waals surface area contributed by atoms with Gasteiger partial charge in [-0.05, 0) is 25.8 Å². The summed E-state index contributed by atoms with van der Waals surface area (Å²) >= 11 is 0. The van der Waals surface area contributed by atoms with Crippen molar-refractivity contribution in [2.45, 2.75) is 38.9 Å². The minimum atomic E-state index is 0.0266. The van der Waals surface area contributed by atoms with Crippen molar-refractivity contribution in [2.24, 2.45) is 5.73 Å². The molecule has 2 aromatic heterocycles. The van der Waals surface area contributed by atoms with Crippen molar-refractivity contribution in [1.82, 2.24) is 14.5 Å². The van der Waals surface area contributed by atoms with Crippen molar-refractivity contribution < 1.29 is 9.21 Å². The third-order valence-corrected chi connectivity index (χ3v) is 4.07. The molecule has 1 saturated heterocycles. The quantitative estimate of drug-likeness (QED) is 0.926. The lowest BCUT2D eigenvalue weighted by molar-refractivity contribution is 0.0723. The van der Waals surface area contributed by atoms with E-state index in [1.807, 2.05) is 18.0 Å². The van der Waals surface area contributed by atoms with Gasteiger partial charge in [0.05, 0.1) is 18.2 Å². The Morgan fingerprint density at radius 1 is 1.57 bits per heavy atom. The summed E-state index contributed by atoms with van der Waals surface area (Å²) in [5.74, 6) is 1.64. The Hall–Kier alpha value is -2.08. The molecule has 1 atom stereocenters. The monoisotopic (exact) mass is 288 g/mol. The molecule has 1 unspecified atom stereocenters. The number of nitrogens with zero attached hydrogens (tertiary/aromatic N) is 3. The molecule has 6 nitrogen and oxygen atoms in total. The second kappa shape index (κ2) is 5.73. The average molecular weight is 288 g/mol. The summed E-state index contributed by atoms with van der Waals surface area (Å²) < 4.78 is 7.36. The Bertz CT molecular complexity index is 631. The Labute approximate surface area is 123 Å². The van der Waals surface area contributed by atoms with E-state index >= 15 is 0 Å². The second-order valence-electron chi connectivity index (χ2n) is 5.43. The lowest BCUT2D eigenvalue weighted by Gasteiger charge is -2.25. The maximum absolute atomic E-state index is 12.6. The highest BCUT2D eigenvalue weighted by atomic mass is 16.3. The molecule has 6 heteroatoms. The zero-order valence-corrected chi connectivity index (χ0v) is 12.2. The predicted molar refractivity (Wildman–Crippen MR) is 77.6 cm³/mol. The van der Waals surface area contributed by atoms with Crippen LogP contribution in [0, 0.1) is 6.92 Å². The van der Waals surface area contributed by atoms with Gasteiger partial charge in [0.2, 0.25) is 0 Å². The van der Waals surface area contributed by atoms with Gasteiger partial charge in [-0.2, -0.15) is 0 Å². The summed E-state index contributed by atoms with van der Waals surface area (Å²) in [7, 11) is 0. The fourth-order valence-corrected chi connectivity index (χ4v) is 2.88. The standard InChI is InChI=1S/C15H20N4O2/c1-11-17-4-6-18(11)9-13-3-2-5-19(13)15(20)12-7-14(8-16)21-10-12/h4,6-7,10,13H,2-3,5,8-9,16H2,1H3. The first-order valence-corrected chi connectivity index (χ1v) is 7.25. The molecule has 2 aromatic rings. The first-order valence-electron chi connectivity index (χ1n) is 7.25. The van der Waals surface area contributed by atoms with E-state index in [2.05, 4.69) is 9.55 Å². The van der Waals surface area contributed by atoms with Crippen LogP contribution >= 0.6 is 0 Å². The molecule has 112 valence electrons. The van der Waals surface area contributed by atoms with Gasteiger partial charge in [-0.1, -0.05) is 0 Å². The lowest BCUT2D eigenvalue weighted by Crippen LogP contribution is -2.38. The predicted octanol–water partition coefficient (Wildman–Crippen LogP) is 1.55. The van der Waals surface area contributed by atoms with Crippen molar-refractivity contribution in [3.8, 4) is 0 Å². The van der Waals surface area contributed by atoms with Gasteiger partial charge in [-0.3, -0.25) is 4.79 Å². The maximum atomic E-state index is 12.6. The largest absolute Gasteiger partial charge is 0.467 e. The number of aromatic nitrogens is 2. The summed E-state index contributed by atoms with van der Waals surface area (Å²) in [6.45, 7) is 3.87. The van der Waals surface area contributed by atoms with Gasteiger partial charge in [-0.15, -0.1) is 0 Å². The number of nitrogens with two attached hydrogens (primary N) is 1. The molecular formula is C15H20N4O2. The van der Waals surface area contributed by atoms with Gasteiger partial charge in [0.25, 0.3) is 5.91 Å². The Morgan fingerprint density at radius 2 is 2.43 bits per heavy atom. The molecule has 1 fully saturated rings. The number of furan rings is 1. The highest BCUT2D eigenvalue weighted by molar-refractivity contribution is 5.94. The number of hydrogen-bond acceptors (Lipinski definition) is 4. The molecule has 21 heavy (non-hydrogen) atoms. The number of amides is 1. The molecular weight excluding hydrogens is 268 g/mol. The zero-order valence-electron chi connectivity index (χ0n) is 12.2. The van der Waals surface area contributed by atoms with Crippen LogP contribution in [0.4, 0.5) is 0 Å². The summed E-state index contributed by atoms with van der Waals surface area (Å²) in [5.41, 5.74) is 6.11. The highest BCUT2D eigenvalue weighted by Gasteiger charge is 2.30. The first-order chi connectivity index (χ1) is 10.2. The Kier molecular flexibility index (Phi) is 3.79. The average Bonchev–Trinajstić information content (AvgIpc) is 3.20. The van der Waals surface area contributed by atoms with Crippen LogP contribution in [-0.2, 0) is 13.1 Å². The van der Waals surface area contributed by atoms with Crippen LogP contribution in [-0.4, -0.2) is 32.9 Å². The van der Waals surface area contributed by atoms with Crippen LogP contribution in [0.15, 0.2) is 29.1 Å². The van der Waals surface area contributed by atoms with Gasteiger partial charge in [0.1, 0.15) is 17.8 Å². The minimum Gasteiger partial charge on any atom is -0.467 e. The van der Waals surface area contributed by atoms with E-state index in [1.165, 1.54) is 6.26 Å². The minimum absolute atomic E-state index is 0.0266. The number of carbonyl (C=O) groups excluding carboxylic acids is 1. The van der Waals surface area contributed by atoms with Gasteiger partial charge in [0.15, 0.2) is 0 Å². The zero-order chi connectivity index (χ0) is 14.8. The molecule has 0 radical (unpaired) electrons. The van der Waals surface area contributed by atoms with Crippen LogP contribution in [0.25, 0.3) is 0 Å². The second-order valence-corrected chi connectivity index (χ2v) is 5.43. The van der Waals surface area contributed by atoms with Gasteiger partial charge in [0, 0.05) is 25.5 Å². The number of imidazole rings is 1. The molecule has 0 aliphatic carbocycles. The molecule has 3 rings (SSSR count). The number of carbonyl (C=O) groups is 1. The summed E-state index contributed by atoms with van der Waals surface area (Å²) in [6, 6.07) is 1.95. The van der Waals surface area contributed by atoms with Crippen LogP contribution in [0.5, 0.6) is 0 Å². The summed E-state index contributed by atoms with van der Waals surface area (Å²) in [6.07, 6.45) is 7.31. The van der Waals surface area contributed by atoms with E-state index in [9.17, 15) is 4.79 Å². The van der Waals surface area contributed by atoms with Crippen LogP contribution in [0.2, 0.25) is 0 Å². The van der Waals surface area contributed by atoms with Crippen LogP contribution in [0.3, 0.4) is 0 Å².